The molecule has 1 saturated carbocycles. The van der Waals surface area contributed by atoms with Crippen LogP contribution in [0, 0.1) is 47.4 Å². The maximum atomic E-state index is 13.9. The molecular weight excluding hydrogens is 1960 g/mol. The Morgan fingerprint density at radius 3 is 1.29 bits per heavy atom. The summed E-state index contributed by atoms with van der Waals surface area (Å²) in [5.41, 5.74) is 2.52. The van der Waals surface area contributed by atoms with E-state index in [1.54, 1.807) is 156 Å². The maximum absolute atomic E-state index is 13.9. The quantitative estimate of drug-likeness (QED) is 0.0827. The summed E-state index contributed by atoms with van der Waals surface area (Å²) in [6.45, 7) is 34.2. The summed E-state index contributed by atoms with van der Waals surface area (Å²) in [4.78, 5) is 149. The molecule has 778 valence electrons. The number of fused-ring (bicyclic) bond motifs is 4. The first-order valence-corrected chi connectivity index (χ1v) is 48.8. The number of aryl methyl sites for hydroxylation is 1. The number of alkyl halides is 6. The van der Waals surface area contributed by atoms with Gasteiger partial charge in [-0.15, -0.1) is 11.3 Å². The molecule has 4 aliphatic heterocycles. The standard InChI is InChI=1S/C29H33F4N5O3.C26H27FN6O2S.C25H21F4N7O2.C25H27FN6O2/c1-16(2)20-11-22(18-6-7-21(30)17(3)10-18)35-38-14-23(34-24(20)38)26(40)37-9-8-36(15-27(37,4)5)25(39)19-12-28(41,13-19)29(31,32)33;1-25(2,3)18-12-19(16-6-8-17(27)9-7-16)30-33-13-20(29-22(18)33)23(34)32-11-10-31(21-14-36-15-28-21)24(35)26(32,4)5;1-24(2)13-34(22(37)18-7-8-30-14-31-18)9-10-35(24)23(38)20-12-36-21(32-20)17(25(27,28)29)11-19(33-36)15-3-5-16(26)6-4-15;1-24(2,3)18-14-19(16-6-8-17(26)9-7-16)29-32-15-20(28-21(18)32)22(33)31-13-12-30(11-10-27)23(34)25(31,4)5/h6-7,10-11,14,16,19,41H,8-9,12-13,15H2,1-5H3;6-9,12-15H,10-11H2,1-5H3;3-8,11-12,14H,9-10,13H2,1-2H3;6-9,14-15H,11-13H2,1-5H3. The number of rotatable bonds is 13. The van der Waals surface area contributed by atoms with E-state index in [1.807, 2.05) is 64.3 Å². The number of benzene rings is 4. The summed E-state index contributed by atoms with van der Waals surface area (Å²) >= 11 is 1.42. The first kappa shape index (κ1) is 106. The zero-order valence-corrected chi connectivity index (χ0v) is 85.5. The average Bonchev–Trinajstić information content (AvgIpc) is 1.72. The minimum Gasteiger partial charge on any atom is -0.380 e. The number of aromatic nitrogens is 15. The fourth-order valence-electron chi connectivity index (χ4n) is 18.9. The van der Waals surface area contributed by atoms with Crippen LogP contribution in [0.25, 0.3) is 67.6 Å². The van der Waals surface area contributed by atoms with Crippen molar-refractivity contribution in [3.63, 3.8) is 0 Å². The van der Waals surface area contributed by atoms with Gasteiger partial charge < -0.3 is 39.4 Å². The summed E-state index contributed by atoms with van der Waals surface area (Å²) in [5, 5.41) is 38.7. The van der Waals surface area contributed by atoms with Crippen LogP contribution in [0.2, 0.25) is 0 Å². The topological polar surface area (TPSA) is 366 Å². The fourth-order valence-corrected chi connectivity index (χ4v) is 19.5. The van der Waals surface area contributed by atoms with Crippen molar-refractivity contribution in [2.24, 2.45) is 5.92 Å². The Bertz CT molecular complexity index is 7590. The monoisotopic (exact) mass is 2070 g/mol. The van der Waals surface area contributed by atoms with E-state index < -0.39 is 87.7 Å². The molecule has 0 radical (unpaired) electrons. The van der Waals surface area contributed by atoms with Gasteiger partial charge in [-0.25, -0.2) is 70.5 Å². The van der Waals surface area contributed by atoms with Crippen LogP contribution in [0.15, 0.2) is 170 Å². The van der Waals surface area contributed by atoms with Crippen LogP contribution < -0.4 is 4.90 Å². The lowest BCUT2D eigenvalue weighted by atomic mass is 9.69. The summed E-state index contributed by atoms with van der Waals surface area (Å²) in [6.07, 6.45) is -2.25. The SMILES string of the molecule is CC(C)(C)c1cc(-c2ccc(F)cc2)nn2cc(C(=O)N3CCN(CC#N)C(=O)C3(C)C)nc12.CC(C)(C)c1cc(-c2ccc(F)cc2)nn2cc(C(=O)N3CCN(c4cscn4)C(=O)C3(C)C)nc12.CC1(C)CN(C(=O)c2ccncn2)CCN1C(=O)c1cn2nc(-c3ccc(F)cc3)cc(C(F)(F)F)c2n1.Cc1cc(-c2cc(C(C)C)c3nc(C(=O)N4CCN(C(=O)C5CC(O)(C(F)(F)F)C5)CC4(C)C)cn3n2)ccc1F. The molecule has 0 bridgehead atoms. The Balaban J connectivity index is 0.000000142. The molecule has 4 aromatic carbocycles. The molecular formula is C105H108F10N24O9S. The van der Waals surface area contributed by atoms with E-state index >= 15 is 0 Å². The third-order valence-corrected chi connectivity index (χ3v) is 27.9. The van der Waals surface area contributed by atoms with Gasteiger partial charge in [-0.05, 0) is 219 Å². The maximum Gasteiger partial charge on any atom is 0.420 e. The van der Waals surface area contributed by atoms with Gasteiger partial charge in [0.15, 0.2) is 28.2 Å². The number of hydrogen-bond acceptors (Lipinski definition) is 22. The highest BCUT2D eigenvalue weighted by molar-refractivity contribution is 7.08. The van der Waals surface area contributed by atoms with E-state index in [9.17, 15) is 87.4 Å². The van der Waals surface area contributed by atoms with Gasteiger partial charge in [0.2, 0.25) is 11.8 Å². The summed E-state index contributed by atoms with van der Waals surface area (Å²) in [6, 6.07) is 31.9. The lowest BCUT2D eigenvalue weighted by molar-refractivity contribution is -0.297. The van der Waals surface area contributed by atoms with Crippen molar-refractivity contribution >= 4 is 87.0 Å². The number of nitrogens with zero attached hydrogens (tertiary/aromatic N) is 24. The number of amides is 8. The Labute approximate surface area is 853 Å². The minimum absolute atomic E-state index is 0.0102. The van der Waals surface area contributed by atoms with E-state index in [2.05, 4.69) is 76.1 Å². The number of thiazole rings is 1. The number of piperazine rings is 4. The van der Waals surface area contributed by atoms with E-state index in [0.29, 0.717) is 65.0 Å². The highest BCUT2D eigenvalue weighted by Crippen LogP contribution is 2.50. The van der Waals surface area contributed by atoms with Gasteiger partial charge in [-0.2, -0.15) is 52.0 Å². The number of nitriles is 1. The van der Waals surface area contributed by atoms with E-state index in [0.717, 1.165) is 62.3 Å². The predicted octanol–water partition coefficient (Wildman–Crippen LogP) is 16.4. The molecule has 10 aromatic heterocycles. The van der Waals surface area contributed by atoms with Gasteiger partial charge in [0.25, 0.3) is 35.4 Å². The molecule has 0 spiro atoms. The number of imidazole rings is 4. The van der Waals surface area contributed by atoms with Crippen molar-refractivity contribution in [2.75, 3.05) is 76.9 Å². The molecule has 149 heavy (non-hydrogen) atoms. The first-order valence-electron chi connectivity index (χ1n) is 47.9. The normalized spacial score (nSPS) is 17.8. The van der Waals surface area contributed by atoms with Gasteiger partial charge in [0.1, 0.15) is 87.1 Å². The molecule has 14 aromatic rings. The van der Waals surface area contributed by atoms with Gasteiger partial charge in [-0.3, -0.25) is 43.3 Å². The van der Waals surface area contributed by atoms with E-state index in [4.69, 9.17) is 5.26 Å². The van der Waals surface area contributed by atoms with Crippen LogP contribution >= 0.6 is 11.3 Å². The summed E-state index contributed by atoms with van der Waals surface area (Å²) in [5.74, 6) is -4.62. The van der Waals surface area contributed by atoms with Crippen molar-refractivity contribution in [3.05, 3.63) is 249 Å². The van der Waals surface area contributed by atoms with Crippen LogP contribution in [-0.4, -0.2) is 266 Å². The molecule has 0 unspecified atom stereocenters. The van der Waals surface area contributed by atoms with Crippen LogP contribution in [0.5, 0.6) is 0 Å². The van der Waals surface area contributed by atoms with Crippen LogP contribution in [0.4, 0.5) is 49.7 Å². The third kappa shape index (κ3) is 21.5. The first-order chi connectivity index (χ1) is 69.8. The highest BCUT2D eigenvalue weighted by Gasteiger charge is 2.64. The van der Waals surface area contributed by atoms with Crippen molar-refractivity contribution < 1.29 is 87.4 Å². The lowest BCUT2D eigenvalue weighted by Crippen LogP contribution is -2.65. The smallest absolute Gasteiger partial charge is 0.380 e. The average molecular weight is 2070 g/mol. The van der Waals surface area contributed by atoms with Crippen molar-refractivity contribution in [1.29, 1.82) is 5.26 Å². The molecule has 5 fully saturated rings. The zero-order chi connectivity index (χ0) is 108. The van der Waals surface area contributed by atoms with Crippen molar-refractivity contribution in [3.8, 4) is 51.1 Å². The fraction of sp³-hybridized carbons (Fsp3) is 0.390. The highest BCUT2D eigenvalue weighted by atomic mass is 32.1. The molecule has 0 atom stereocenters. The second kappa shape index (κ2) is 40.0. The van der Waals surface area contributed by atoms with E-state index in [-0.39, 0.29) is 162 Å². The van der Waals surface area contributed by atoms with Crippen LogP contribution in [-0.2, 0) is 31.4 Å². The molecule has 14 heterocycles. The Hall–Kier alpha value is -15.4. The zero-order valence-electron chi connectivity index (χ0n) is 84.6. The van der Waals surface area contributed by atoms with Crippen molar-refractivity contribution in [1.82, 2.24) is 108 Å². The van der Waals surface area contributed by atoms with E-state index in [1.165, 1.54) is 92.0 Å². The number of aliphatic hydroxyl groups is 1. The largest absolute Gasteiger partial charge is 0.420 e. The minimum atomic E-state index is -4.78. The lowest BCUT2D eigenvalue weighted by Gasteiger charge is -2.50. The molecule has 1 aliphatic carbocycles. The molecule has 19 rings (SSSR count). The van der Waals surface area contributed by atoms with Gasteiger partial charge in [-0.1, -0.05) is 55.4 Å². The second-order valence-corrected chi connectivity index (χ2v) is 42.7. The number of halogens is 10. The molecule has 4 saturated heterocycles. The van der Waals surface area contributed by atoms with Gasteiger partial charge in [0, 0.05) is 122 Å². The third-order valence-electron chi connectivity index (χ3n) is 27.3. The molecule has 44 heteroatoms. The number of carbonyl (C=O) groups is 8. The summed E-state index contributed by atoms with van der Waals surface area (Å²) in [7, 11) is 0. The predicted molar refractivity (Wildman–Crippen MR) is 530 cm³/mol. The Kier molecular flexibility index (Phi) is 28.5. The Morgan fingerprint density at radius 2 is 0.879 bits per heavy atom. The number of carbonyl (C=O) groups excluding carboxylic acids is 8. The molecule has 33 nitrogen and oxygen atoms in total. The summed E-state index contributed by atoms with van der Waals surface area (Å²) < 4.78 is 141. The van der Waals surface area contributed by atoms with Crippen molar-refractivity contribution in [2.45, 2.75) is 187 Å². The second-order valence-electron chi connectivity index (χ2n) is 42.0. The van der Waals surface area contributed by atoms with Gasteiger partial charge >= 0.3 is 12.4 Å². The Morgan fingerprint density at radius 1 is 0.477 bits per heavy atom. The number of hydrogen-bond donors (Lipinski definition) is 1. The number of anilines is 1. The molecule has 8 amide bonds. The van der Waals surface area contributed by atoms with Crippen LogP contribution in [0.1, 0.15) is 210 Å². The molecule has 1 N–H and O–H groups in total. The molecule has 5 aliphatic rings. The van der Waals surface area contributed by atoms with Gasteiger partial charge in [0.05, 0.1) is 70.2 Å². The van der Waals surface area contributed by atoms with Crippen LogP contribution in [0.3, 0.4) is 0 Å².